The van der Waals surface area contributed by atoms with E-state index in [2.05, 4.69) is 16.0 Å². The molecule has 0 spiro atoms. The lowest BCUT2D eigenvalue weighted by Gasteiger charge is -2.10. The Labute approximate surface area is 187 Å². The first-order valence-corrected chi connectivity index (χ1v) is 10.2. The Morgan fingerprint density at radius 1 is 1.19 bits per heavy atom. The topological polar surface area (TPSA) is 112 Å². The lowest BCUT2D eigenvalue weighted by molar-refractivity contribution is -0.117. The SMILES string of the molecule is CCCn1nc(C(=O)NNC(=O)/C=C/c2cc(Cl)c3c(c2)OCO3)c2ccccc2c1=O. The fourth-order valence-electron chi connectivity index (χ4n) is 3.24. The predicted molar refractivity (Wildman–Crippen MR) is 119 cm³/mol. The highest BCUT2D eigenvalue weighted by molar-refractivity contribution is 6.32. The third-order valence-corrected chi connectivity index (χ3v) is 4.97. The van der Waals surface area contributed by atoms with Gasteiger partial charge in [0.25, 0.3) is 17.4 Å². The number of benzene rings is 2. The molecule has 0 atom stereocenters. The van der Waals surface area contributed by atoms with Gasteiger partial charge in [0.1, 0.15) is 0 Å². The van der Waals surface area contributed by atoms with Crippen LogP contribution in [0.5, 0.6) is 11.5 Å². The number of halogens is 1. The molecule has 3 aromatic rings. The minimum atomic E-state index is -0.640. The number of nitrogens with zero attached hydrogens (tertiary/aromatic N) is 2. The molecule has 4 rings (SSSR count). The summed E-state index contributed by atoms with van der Waals surface area (Å²) >= 11 is 6.13. The molecule has 0 unspecified atom stereocenters. The second-order valence-electron chi connectivity index (χ2n) is 6.94. The molecule has 1 aliphatic rings. The van der Waals surface area contributed by atoms with E-state index in [1.54, 1.807) is 36.4 Å². The zero-order chi connectivity index (χ0) is 22.7. The van der Waals surface area contributed by atoms with Crippen LogP contribution in [0.2, 0.25) is 5.02 Å². The maximum absolute atomic E-state index is 12.7. The zero-order valence-corrected chi connectivity index (χ0v) is 17.8. The Bertz CT molecular complexity index is 1300. The number of aromatic nitrogens is 2. The summed E-state index contributed by atoms with van der Waals surface area (Å²) in [5.41, 5.74) is 5.04. The first-order valence-electron chi connectivity index (χ1n) is 9.85. The molecule has 2 heterocycles. The number of carbonyl (C=O) groups is 2. The van der Waals surface area contributed by atoms with Crippen molar-refractivity contribution in [1.82, 2.24) is 20.6 Å². The minimum Gasteiger partial charge on any atom is -0.454 e. The summed E-state index contributed by atoms with van der Waals surface area (Å²) in [6.07, 6.45) is 3.43. The van der Waals surface area contributed by atoms with E-state index >= 15 is 0 Å². The summed E-state index contributed by atoms with van der Waals surface area (Å²) in [4.78, 5) is 37.4. The molecule has 0 aliphatic carbocycles. The number of fused-ring (bicyclic) bond motifs is 2. The first kappa shape index (κ1) is 21.4. The molecule has 164 valence electrons. The molecule has 0 saturated carbocycles. The van der Waals surface area contributed by atoms with Crippen molar-refractivity contribution in [2.75, 3.05) is 6.79 Å². The van der Waals surface area contributed by atoms with E-state index in [0.717, 1.165) is 0 Å². The minimum absolute atomic E-state index is 0.0421. The highest BCUT2D eigenvalue weighted by Gasteiger charge is 2.18. The van der Waals surface area contributed by atoms with Crippen molar-refractivity contribution in [3.63, 3.8) is 0 Å². The van der Waals surface area contributed by atoms with Gasteiger partial charge in [-0.1, -0.05) is 36.7 Å². The fraction of sp³-hybridized carbons (Fsp3) is 0.182. The summed E-state index contributed by atoms with van der Waals surface area (Å²) in [7, 11) is 0. The van der Waals surface area contributed by atoms with Gasteiger partial charge >= 0.3 is 0 Å². The highest BCUT2D eigenvalue weighted by atomic mass is 35.5. The lowest BCUT2D eigenvalue weighted by Crippen LogP contribution is -2.42. The van der Waals surface area contributed by atoms with Gasteiger partial charge in [-0.3, -0.25) is 25.2 Å². The summed E-state index contributed by atoms with van der Waals surface area (Å²) in [6.45, 7) is 2.36. The van der Waals surface area contributed by atoms with Gasteiger partial charge in [0, 0.05) is 18.0 Å². The van der Waals surface area contributed by atoms with Gasteiger partial charge in [-0.05, 0) is 36.3 Å². The van der Waals surface area contributed by atoms with Crippen molar-refractivity contribution in [1.29, 1.82) is 0 Å². The van der Waals surface area contributed by atoms with Crippen molar-refractivity contribution >= 4 is 40.3 Å². The number of amides is 2. The second-order valence-corrected chi connectivity index (χ2v) is 7.34. The van der Waals surface area contributed by atoms with Crippen molar-refractivity contribution < 1.29 is 19.1 Å². The maximum atomic E-state index is 12.7. The van der Waals surface area contributed by atoms with Crippen LogP contribution in [0.1, 0.15) is 29.4 Å². The van der Waals surface area contributed by atoms with E-state index < -0.39 is 11.8 Å². The van der Waals surface area contributed by atoms with Crippen LogP contribution in [0.25, 0.3) is 16.8 Å². The molecule has 2 N–H and O–H groups in total. The Kier molecular flexibility index (Phi) is 6.09. The fourth-order valence-corrected chi connectivity index (χ4v) is 3.51. The van der Waals surface area contributed by atoms with Crippen molar-refractivity contribution in [2.24, 2.45) is 0 Å². The van der Waals surface area contributed by atoms with E-state index in [4.69, 9.17) is 21.1 Å². The molecule has 1 aliphatic heterocycles. The van der Waals surface area contributed by atoms with Crippen LogP contribution in [0.4, 0.5) is 0 Å². The largest absolute Gasteiger partial charge is 0.454 e. The van der Waals surface area contributed by atoms with E-state index in [-0.39, 0.29) is 18.0 Å². The van der Waals surface area contributed by atoms with Gasteiger partial charge in [-0.25, -0.2) is 4.68 Å². The number of nitrogens with one attached hydrogen (secondary N) is 2. The Morgan fingerprint density at radius 3 is 2.75 bits per heavy atom. The van der Waals surface area contributed by atoms with Gasteiger partial charge in [0.15, 0.2) is 17.2 Å². The molecule has 0 saturated heterocycles. The van der Waals surface area contributed by atoms with E-state index in [1.807, 2.05) is 6.92 Å². The van der Waals surface area contributed by atoms with Gasteiger partial charge in [0.05, 0.1) is 10.4 Å². The van der Waals surface area contributed by atoms with Gasteiger partial charge in [0.2, 0.25) is 6.79 Å². The Hall–Kier alpha value is -3.85. The third kappa shape index (κ3) is 4.28. The normalized spacial score (nSPS) is 12.3. The van der Waals surface area contributed by atoms with Gasteiger partial charge in [-0.2, -0.15) is 5.10 Å². The summed E-state index contributed by atoms with van der Waals surface area (Å²) < 4.78 is 11.8. The van der Waals surface area contributed by atoms with Crippen molar-refractivity contribution in [3.05, 3.63) is 69.1 Å². The van der Waals surface area contributed by atoms with E-state index in [0.29, 0.717) is 45.8 Å². The predicted octanol–water partition coefficient (Wildman–Crippen LogP) is 2.66. The Morgan fingerprint density at radius 2 is 1.97 bits per heavy atom. The molecule has 0 bridgehead atoms. The van der Waals surface area contributed by atoms with E-state index in [1.165, 1.54) is 16.8 Å². The van der Waals surface area contributed by atoms with Crippen LogP contribution in [-0.4, -0.2) is 28.4 Å². The Balaban J connectivity index is 1.48. The number of aryl methyl sites for hydroxylation is 1. The molecule has 2 aromatic carbocycles. The molecule has 9 nitrogen and oxygen atoms in total. The van der Waals surface area contributed by atoms with E-state index in [9.17, 15) is 14.4 Å². The maximum Gasteiger partial charge on any atom is 0.290 e. The average Bonchev–Trinajstić information content (AvgIpc) is 3.27. The molecular weight excluding hydrogens is 436 g/mol. The number of hydrazine groups is 1. The molecule has 10 heteroatoms. The van der Waals surface area contributed by atoms with Crippen molar-refractivity contribution in [3.8, 4) is 11.5 Å². The van der Waals surface area contributed by atoms with Crippen molar-refractivity contribution in [2.45, 2.75) is 19.9 Å². The molecular formula is C22H19ClN4O5. The average molecular weight is 455 g/mol. The second kappa shape index (κ2) is 9.11. The van der Waals surface area contributed by atoms with Crippen LogP contribution in [0.15, 0.2) is 47.3 Å². The molecule has 0 radical (unpaired) electrons. The number of hydrogen-bond acceptors (Lipinski definition) is 6. The van der Waals surface area contributed by atoms with Crippen LogP contribution >= 0.6 is 11.6 Å². The standard InChI is InChI=1S/C22H19ClN4O5/c1-2-9-27-22(30)15-6-4-3-5-14(15)19(26-27)21(29)25-24-18(28)8-7-13-10-16(23)20-17(11-13)31-12-32-20/h3-8,10-11H,2,9,12H2,1H3,(H,24,28)(H,25,29)/b8-7+. The quantitative estimate of drug-likeness (QED) is 0.453. The summed E-state index contributed by atoms with van der Waals surface area (Å²) in [6, 6.07) is 10.0. The number of hydrogen-bond donors (Lipinski definition) is 2. The van der Waals surface area contributed by atoms with Gasteiger partial charge in [-0.15, -0.1) is 0 Å². The summed E-state index contributed by atoms with van der Waals surface area (Å²) in [5.74, 6) is -0.257. The third-order valence-electron chi connectivity index (χ3n) is 4.69. The number of ether oxygens (including phenoxy) is 2. The molecule has 2 amide bonds. The van der Waals surface area contributed by atoms with Crippen LogP contribution < -0.4 is 25.9 Å². The highest BCUT2D eigenvalue weighted by Crippen LogP contribution is 2.40. The monoisotopic (exact) mass is 454 g/mol. The number of carbonyl (C=O) groups excluding carboxylic acids is 2. The molecule has 0 fully saturated rings. The summed E-state index contributed by atoms with van der Waals surface area (Å²) in [5, 5.41) is 5.34. The lowest BCUT2D eigenvalue weighted by atomic mass is 10.1. The zero-order valence-electron chi connectivity index (χ0n) is 17.1. The van der Waals surface area contributed by atoms with Gasteiger partial charge < -0.3 is 9.47 Å². The van der Waals surface area contributed by atoms with Crippen LogP contribution in [0, 0.1) is 0 Å². The smallest absolute Gasteiger partial charge is 0.290 e. The number of rotatable bonds is 5. The van der Waals surface area contributed by atoms with Crippen LogP contribution in [0.3, 0.4) is 0 Å². The van der Waals surface area contributed by atoms with Crippen LogP contribution in [-0.2, 0) is 11.3 Å². The first-order chi connectivity index (χ1) is 15.5. The molecule has 32 heavy (non-hydrogen) atoms. The molecule has 1 aromatic heterocycles.